The summed E-state index contributed by atoms with van der Waals surface area (Å²) in [5.74, 6) is -1.14. The molecule has 74 valence electrons. The zero-order valence-corrected chi connectivity index (χ0v) is 7.67. The van der Waals surface area contributed by atoms with Crippen LogP contribution in [0.2, 0.25) is 0 Å². The van der Waals surface area contributed by atoms with Gasteiger partial charge in [0.1, 0.15) is 0 Å². The minimum atomic E-state index is -1.14. The van der Waals surface area contributed by atoms with E-state index in [-0.39, 0.29) is 17.8 Å². The van der Waals surface area contributed by atoms with E-state index in [2.05, 4.69) is 5.10 Å². The number of allylic oxidation sites excluding steroid dienone is 2. The average Bonchev–Trinajstić information content (AvgIpc) is 2.16. The predicted octanol–water partition coefficient (Wildman–Crippen LogP) is 0.518. The Balaban J connectivity index is 3.08. The molecular formula is C9H10N2O3. The summed E-state index contributed by atoms with van der Waals surface area (Å²) in [6.07, 6.45) is 3.49. The fourth-order valence-corrected chi connectivity index (χ4v) is 0.899. The van der Waals surface area contributed by atoms with Gasteiger partial charge in [0, 0.05) is 6.07 Å². The van der Waals surface area contributed by atoms with Crippen molar-refractivity contribution in [2.45, 2.75) is 13.5 Å². The Morgan fingerprint density at radius 3 is 2.93 bits per heavy atom. The van der Waals surface area contributed by atoms with Gasteiger partial charge in [-0.2, -0.15) is 5.10 Å². The molecule has 0 atom stereocenters. The molecule has 14 heavy (non-hydrogen) atoms. The van der Waals surface area contributed by atoms with Crippen molar-refractivity contribution >= 4 is 5.97 Å². The van der Waals surface area contributed by atoms with Crippen LogP contribution in [0.15, 0.2) is 29.1 Å². The van der Waals surface area contributed by atoms with E-state index in [9.17, 15) is 9.59 Å². The Hall–Kier alpha value is -1.91. The Kier molecular flexibility index (Phi) is 3.17. The largest absolute Gasteiger partial charge is 0.476 e. The first-order valence-electron chi connectivity index (χ1n) is 4.07. The first-order valence-corrected chi connectivity index (χ1v) is 4.07. The standard InChI is InChI=1S/C9H10N2O3/c1-2-3-6-11-8(12)5-4-7(10-11)9(13)14/h2-5H,6H2,1H3,(H,13,14)/b3-2+. The minimum absolute atomic E-state index is 0.130. The van der Waals surface area contributed by atoms with E-state index >= 15 is 0 Å². The highest BCUT2D eigenvalue weighted by atomic mass is 16.4. The third kappa shape index (κ3) is 2.29. The fraction of sp³-hybridized carbons (Fsp3) is 0.222. The smallest absolute Gasteiger partial charge is 0.356 e. The summed E-state index contributed by atoms with van der Waals surface area (Å²) in [4.78, 5) is 21.7. The monoisotopic (exact) mass is 194 g/mol. The maximum atomic E-state index is 11.2. The third-order valence-corrected chi connectivity index (χ3v) is 1.60. The molecule has 0 saturated heterocycles. The number of rotatable bonds is 3. The topological polar surface area (TPSA) is 72.2 Å². The Morgan fingerprint density at radius 2 is 2.36 bits per heavy atom. The number of nitrogens with zero attached hydrogens (tertiary/aromatic N) is 2. The second-order valence-electron chi connectivity index (χ2n) is 2.61. The van der Waals surface area contributed by atoms with Gasteiger partial charge in [-0.3, -0.25) is 4.79 Å². The molecule has 5 nitrogen and oxygen atoms in total. The molecule has 0 amide bonds. The number of carboxylic acid groups (broad SMARTS) is 1. The van der Waals surface area contributed by atoms with Crippen molar-refractivity contribution in [1.29, 1.82) is 0 Å². The second kappa shape index (κ2) is 4.36. The zero-order chi connectivity index (χ0) is 10.6. The molecule has 0 radical (unpaired) electrons. The average molecular weight is 194 g/mol. The van der Waals surface area contributed by atoms with Gasteiger partial charge in [-0.1, -0.05) is 12.2 Å². The van der Waals surface area contributed by atoms with Crippen molar-refractivity contribution in [3.63, 3.8) is 0 Å². The molecule has 0 aromatic carbocycles. The van der Waals surface area contributed by atoms with Gasteiger partial charge >= 0.3 is 5.97 Å². The molecular weight excluding hydrogens is 184 g/mol. The molecule has 0 spiro atoms. The van der Waals surface area contributed by atoms with Crippen molar-refractivity contribution in [2.24, 2.45) is 0 Å². The quantitative estimate of drug-likeness (QED) is 0.712. The summed E-state index contributed by atoms with van der Waals surface area (Å²) in [7, 11) is 0. The van der Waals surface area contributed by atoms with E-state index in [4.69, 9.17) is 5.11 Å². The van der Waals surface area contributed by atoms with Crippen molar-refractivity contribution in [2.75, 3.05) is 0 Å². The van der Waals surface area contributed by atoms with E-state index in [1.165, 1.54) is 12.1 Å². The molecule has 0 unspecified atom stereocenters. The molecule has 1 aromatic rings. The lowest BCUT2D eigenvalue weighted by atomic mass is 10.4. The molecule has 1 heterocycles. The first kappa shape index (κ1) is 10.2. The normalized spacial score (nSPS) is 10.6. The highest BCUT2D eigenvalue weighted by Crippen LogP contribution is 1.90. The van der Waals surface area contributed by atoms with Crippen molar-refractivity contribution in [3.05, 3.63) is 40.3 Å². The number of hydrogen-bond donors (Lipinski definition) is 1. The number of aromatic nitrogens is 2. The van der Waals surface area contributed by atoms with Crippen LogP contribution in [0.5, 0.6) is 0 Å². The highest BCUT2D eigenvalue weighted by Gasteiger charge is 2.05. The summed E-state index contributed by atoms with van der Waals surface area (Å²) < 4.78 is 1.10. The number of aromatic carboxylic acids is 1. The van der Waals surface area contributed by atoms with Crippen LogP contribution in [0.25, 0.3) is 0 Å². The molecule has 0 aliphatic rings. The minimum Gasteiger partial charge on any atom is -0.476 e. The van der Waals surface area contributed by atoms with Crippen molar-refractivity contribution in [1.82, 2.24) is 9.78 Å². The lowest BCUT2D eigenvalue weighted by Crippen LogP contribution is -2.23. The summed E-state index contributed by atoms with van der Waals surface area (Å²) in [5.41, 5.74) is -0.442. The molecule has 0 saturated carbocycles. The molecule has 0 aliphatic heterocycles. The molecule has 5 heteroatoms. The van der Waals surface area contributed by atoms with Crippen LogP contribution in [0, 0.1) is 0 Å². The summed E-state index contributed by atoms with van der Waals surface area (Å²) in [6.45, 7) is 2.10. The van der Waals surface area contributed by atoms with Gasteiger partial charge in [0.2, 0.25) is 0 Å². The lowest BCUT2D eigenvalue weighted by molar-refractivity contribution is 0.0687. The Morgan fingerprint density at radius 1 is 1.64 bits per heavy atom. The Bertz CT molecular complexity index is 420. The van der Waals surface area contributed by atoms with Gasteiger partial charge in [-0.05, 0) is 13.0 Å². The van der Waals surface area contributed by atoms with E-state index in [1.54, 1.807) is 12.2 Å². The fourth-order valence-electron chi connectivity index (χ4n) is 0.899. The van der Waals surface area contributed by atoms with Crippen LogP contribution in [0.3, 0.4) is 0 Å². The van der Waals surface area contributed by atoms with E-state index in [1.807, 2.05) is 6.92 Å². The predicted molar refractivity (Wildman–Crippen MR) is 50.3 cm³/mol. The summed E-state index contributed by atoms with van der Waals surface area (Å²) in [5, 5.41) is 12.3. The molecule has 1 aromatic heterocycles. The Labute approximate surface area is 80.3 Å². The highest BCUT2D eigenvalue weighted by molar-refractivity contribution is 5.84. The third-order valence-electron chi connectivity index (χ3n) is 1.60. The maximum absolute atomic E-state index is 11.2. The van der Waals surface area contributed by atoms with E-state index in [0.29, 0.717) is 0 Å². The van der Waals surface area contributed by atoms with Gasteiger partial charge in [0.05, 0.1) is 6.54 Å². The molecule has 1 N–H and O–H groups in total. The molecule has 0 aliphatic carbocycles. The van der Waals surface area contributed by atoms with Gasteiger partial charge in [-0.25, -0.2) is 9.48 Å². The number of carboxylic acids is 1. The van der Waals surface area contributed by atoms with Gasteiger partial charge in [0.15, 0.2) is 5.69 Å². The van der Waals surface area contributed by atoms with Crippen molar-refractivity contribution in [3.8, 4) is 0 Å². The SMILES string of the molecule is C/C=C/Cn1nc(C(=O)O)ccc1=O. The summed E-state index contributed by atoms with van der Waals surface area (Å²) in [6, 6.07) is 2.39. The van der Waals surface area contributed by atoms with Crippen LogP contribution >= 0.6 is 0 Å². The van der Waals surface area contributed by atoms with E-state index < -0.39 is 5.97 Å². The van der Waals surface area contributed by atoms with Crippen LogP contribution in [0.4, 0.5) is 0 Å². The summed E-state index contributed by atoms with van der Waals surface area (Å²) >= 11 is 0. The molecule has 0 bridgehead atoms. The number of carbonyl (C=O) groups is 1. The number of hydrogen-bond acceptors (Lipinski definition) is 3. The van der Waals surface area contributed by atoms with Crippen molar-refractivity contribution < 1.29 is 9.90 Å². The molecule has 1 rings (SSSR count). The zero-order valence-electron chi connectivity index (χ0n) is 7.67. The maximum Gasteiger partial charge on any atom is 0.356 e. The lowest BCUT2D eigenvalue weighted by Gasteiger charge is -2.00. The van der Waals surface area contributed by atoms with Gasteiger partial charge in [0.25, 0.3) is 5.56 Å². The first-order chi connectivity index (χ1) is 6.65. The second-order valence-corrected chi connectivity index (χ2v) is 2.61. The van der Waals surface area contributed by atoms with Crippen LogP contribution < -0.4 is 5.56 Å². The molecule has 0 fully saturated rings. The van der Waals surface area contributed by atoms with Crippen LogP contribution in [0.1, 0.15) is 17.4 Å². The van der Waals surface area contributed by atoms with Crippen LogP contribution in [-0.2, 0) is 6.54 Å². The van der Waals surface area contributed by atoms with Gasteiger partial charge in [-0.15, -0.1) is 0 Å². The van der Waals surface area contributed by atoms with Gasteiger partial charge < -0.3 is 5.11 Å². The van der Waals surface area contributed by atoms with E-state index in [0.717, 1.165) is 4.68 Å². The van der Waals surface area contributed by atoms with Crippen LogP contribution in [-0.4, -0.2) is 20.9 Å².